The summed E-state index contributed by atoms with van der Waals surface area (Å²) in [4.78, 5) is 12.0. The first-order chi connectivity index (χ1) is 15.1. The molecule has 2 aliphatic rings. The highest BCUT2D eigenvalue weighted by atomic mass is 15.2. The summed E-state index contributed by atoms with van der Waals surface area (Å²) in [5.41, 5.74) is 6.84. The van der Waals surface area contributed by atoms with Gasteiger partial charge >= 0.3 is 0 Å². The Morgan fingerprint density at radius 3 is 2.45 bits per heavy atom. The zero-order chi connectivity index (χ0) is 21.4. The third kappa shape index (κ3) is 3.89. The summed E-state index contributed by atoms with van der Waals surface area (Å²) >= 11 is 0. The Morgan fingerprint density at radius 2 is 1.71 bits per heavy atom. The molecule has 0 atom stereocenters. The number of aromatic nitrogens is 2. The first-order valence-corrected chi connectivity index (χ1v) is 10.9. The van der Waals surface area contributed by atoms with Crippen LogP contribution in [0.25, 0.3) is 16.6 Å². The van der Waals surface area contributed by atoms with Gasteiger partial charge in [-0.15, -0.1) is 0 Å². The molecule has 158 valence electrons. The van der Waals surface area contributed by atoms with Gasteiger partial charge in [-0.25, -0.2) is 4.98 Å². The molecule has 0 spiro atoms. The van der Waals surface area contributed by atoms with Gasteiger partial charge in [0.05, 0.1) is 11.0 Å². The molecule has 0 aliphatic carbocycles. The number of fused-ring (bicyclic) bond motifs is 1. The quantitative estimate of drug-likeness (QED) is 0.643. The third-order valence-electron chi connectivity index (χ3n) is 6.28. The van der Waals surface area contributed by atoms with Crippen LogP contribution in [0.2, 0.25) is 0 Å². The van der Waals surface area contributed by atoms with Crippen LogP contribution in [0.1, 0.15) is 11.4 Å². The van der Waals surface area contributed by atoms with Crippen LogP contribution in [0.4, 0.5) is 5.69 Å². The monoisotopic (exact) mass is 411 g/mol. The van der Waals surface area contributed by atoms with Crippen molar-refractivity contribution in [2.45, 2.75) is 6.54 Å². The van der Waals surface area contributed by atoms with E-state index < -0.39 is 0 Å². The van der Waals surface area contributed by atoms with Crippen molar-refractivity contribution in [1.82, 2.24) is 19.4 Å². The molecule has 5 heteroatoms. The Hall–Kier alpha value is -3.31. The second kappa shape index (κ2) is 8.08. The lowest BCUT2D eigenvalue weighted by Crippen LogP contribution is -2.44. The van der Waals surface area contributed by atoms with Crippen LogP contribution >= 0.6 is 0 Å². The second-order valence-corrected chi connectivity index (χ2v) is 8.49. The number of likely N-dealkylation sites (N-methyl/N-ethyl adjacent to an activating group) is 2. The molecular weight excluding hydrogens is 382 g/mol. The molecule has 2 aliphatic heterocycles. The van der Waals surface area contributed by atoms with E-state index in [2.05, 4.69) is 99.8 Å². The molecule has 1 fully saturated rings. The minimum atomic E-state index is 0.786. The average molecular weight is 412 g/mol. The van der Waals surface area contributed by atoms with Gasteiger partial charge in [-0.3, -0.25) is 0 Å². The number of hydrogen-bond acceptors (Lipinski definition) is 4. The molecule has 5 nitrogen and oxygen atoms in total. The third-order valence-corrected chi connectivity index (χ3v) is 6.28. The number of nitrogens with zero attached hydrogens (tertiary/aromatic N) is 5. The predicted octanol–water partition coefficient (Wildman–Crippen LogP) is 4.19. The van der Waals surface area contributed by atoms with Crippen LogP contribution < -0.4 is 4.90 Å². The van der Waals surface area contributed by atoms with Gasteiger partial charge in [0.15, 0.2) is 0 Å². The van der Waals surface area contributed by atoms with Crippen molar-refractivity contribution in [3.8, 4) is 0 Å². The molecule has 3 heterocycles. The first kappa shape index (κ1) is 19.6. The van der Waals surface area contributed by atoms with Crippen molar-refractivity contribution in [2.75, 3.05) is 45.2 Å². The highest BCUT2D eigenvalue weighted by Crippen LogP contribution is 2.30. The number of anilines is 1. The SMILES string of the molecule is C=C1C=CC(c2nc3ccc(N4CCN(C)CC4)cc3n2Cc2ccccc2)=CN1C. The molecule has 1 saturated heterocycles. The molecule has 3 aromatic rings. The molecule has 0 amide bonds. The van der Waals surface area contributed by atoms with Crippen molar-refractivity contribution in [2.24, 2.45) is 0 Å². The summed E-state index contributed by atoms with van der Waals surface area (Å²) in [7, 11) is 4.22. The summed E-state index contributed by atoms with van der Waals surface area (Å²) in [6, 6.07) is 17.3. The fourth-order valence-electron chi connectivity index (χ4n) is 4.29. The first-order valence-electron chi connectivity index (χ1n) is 10.9. The Balaban J connectivity index is 1.60. The molecule has 31 heavy (non-hydrogen) atoms. The van der Waals surface area contributed by atoms with Gasteiger partial charge in [-0.05, 0) is 43.0 Å². The summed E-state index contributed by atoms with van der Waals surface area (Å²) in [5, 5.41) is 0. The highest BCUT2D eigenvalue weighted by molar-refractivity contribution is 5.85. The van der Waals surface area contributed by atoms with Crippen molar-refractivity contribution < 1.29 is 0 Å². The molecule has 0 radical (unpaired) electrons. The predicted molar refractivity (Wildman–Crippen MR) is 129 cm³/mol. The number of allylic oxidation sites excluding steroid dienone is 3. The van der Waals surface area contributed by atoms with Crippen LogP contribution in [0, 0.1) is 0 Å². The number of benzene rings is 2. The van der Waals surface area contributed by atoms with Gasteiger partial charge in [0, 0.05) is 62.9 Å². The van der Waals surface area contributed by atoms with E-state index in [0.717, 1.165) is 55.3 Å². The lowest BCUT2D eigenvalue weighted by atomic mass is 10.1. The Kier molecular flexibility index (Phi) is 5.12. The molecular formula is C26H29N5. The van der Waals surface area contributed by atoms with Crippen LogP contribution in [0.15, 0.2) is 79.2 Å². The molecule has 1 aromatic heterocycles. The number of hydrogen-bond donors (Lipinski definition) is 0. The zero-order valence-corrected chi connectivity index (χ0v) is 18.3. The summed E-state index contributed by atoms with van der Waals surface area (Å²) in [5.74, 6) is 0.991. The standard InChI is InChI=1S/C26H29N5/c1-20-9-10-22(19-29(20)3)26-27-24-12-11-23(30-15-13-28(2)14-16-30)17-25(24)31(26)18-21-7-5-4-6-8-21/h4-12,17,19H,1,13-16,18H2,2-3H3. The maximum Gasteiger partial charge on any atom is 0.142 e. The Morgan fingerprint density at radius 1 is 0.935 bits per heavy atom. The van der Waals surface area contributed by atoms with Crippen molar-refractivity contribution >= 4 is 22.3 Å². The van der Waals surface area contributed by atoms with E-state index in [-0.39, 0.29) is 0 Å². The van der Waals surface area contributed by atoms with E-state index in [0.29, 0.717) is 0 Å². The summed E-state index contributed by atoms with van der Waals surface area (Å²) in [6.07, 6.45) is 6.29. The lowest BCUT2D eigenvalue weighted by molar-refractivity contribution is 0.313. The van der Waals surface area contributed by atoms with E-state index in [9.17, 15) is 0 Å². The van der Waals surface area contributed by atoms with Crippen LogP contribution in [-0.2, 0) is 6.54 Å². The fourth-order valence-corrected chi connectivity index (χ4v) is 4.29. The highest BCUT2D eigenvalue weighted by Gasteiger charge is 2.19. The molecule has 0 unspecified atom stereocenters. The van der Waals surface area contributed by atoms with E-state index in [4.69, 9.17) is 4.98 Å². The van der Waals surface area contributed by atoms with Crippen molar-refractivity contribution in [3.05, 3.63) is 90.5 Å². The molecule has 0 N–H and O–H groups in total. The second-order valence-electron chi connectivity index (χ2n) is 8.49. The average Bonchev–Trinajstić information content (AvgIpc) is 3.14. The fraction of sp³-hybridized carbons (Fsp3) is 0.269. The van der Waals surface area contributed by atoms with Gasteiger partial charge in [0.1, 0.15) is 5.82 Å². The lowest BCUT2D eigenvalue weighted by Gasteiger charge is -2.34. The zero-order valence-electron chi connectivity index (χ0n) is 18.3. The van der Waals surface area contributed by atoms with E-state index >= 15 is 0 Å². The number of rotatable bonds is 4. The Bertz CT molecular complexity index is 1160. The Labute approximate surface area is 184 Å². The topological polar surface area (TPSA) is 27.5 Å². The van der Waals surface area contributed by atoms with Crippen molar-refractivity contribution in [3.63, 3.8) is 0 Å². The van der Waals surface area contributed by atoms with Crippen molar-refractivity contribution in [1.29, 1.82) is 0 Å². The maximum atomic E-state index is 5.05. The van der Waals surface area contributed by atoms with Crippen LogP contribution in [0.3, 0.4) is 0 Å². The van der Waals surface area contributed by atoms with Gasteiger partial charge in [-0.1, -0.05) is 36.9 Å². The van der Waals surface area contributed by atoms with Crippen LogP contribution in [0.5, 0.6) is 0 Å². The summed E-state index contributed by atoms with van der Waals surface area (Å²) in [6.45, 7) is 9.18. The van der Waals surface area contributed by atoms with Gasteiger partial charge < -0.3 is 19.3 Å². The van der Waals surface area contributed by atoms with Gasteiger partial charge in [0.2, 0.25) is 0 Å². The summed E-state index contributed by atoms with van der Waals surface area (Å²) < 4.78 is 2.35. The minimum absolute atomic E-state index is 0.786. The molecule has 2 aromatic carbocycles. The largest absolute Gasteiger partial charge is 0.369 e. The van der Waals surface area contributed by atoms with E-state index in [1.165, 1.54) is 16.8 Å². The number of piperazine rings is 1. The minimum Gasteiger partial charge on any atom is -0.369 e. The number of imidazole rings is 1. The molecule has 0 bridgehead atoms. The maximum absolute atomic E-state index is 5.05. The molecule has 0 saturated carbocycles. The van der Waals surface area contributed by atoms with Crippen LogP contribution in [-0.4, -0.2) is 59.6 Å². The van der Waals surface area contributed by atoms with Gasteiger partial charge in [-0.2, -0.15) is 0 Å². The van der Waals surface area contributed by atoms with E-state index in [1.54, 1.807) is 0 Å². The molecule has 5 rings (SSSR count). The van der Waals surface area contributed by atoms with Gasteiger partial charge in [0.25, 0.3) is 0 Å². The van der Waals surface area contributed by atoms with E-state index in [1.807, 2.05) is 7.05 Å². The smallest absolute Gasteiger partial charge is 0.142 e. The normalized spacial score (nSPS) is 17.5.